The third-order valence-corrected chi connectivity index (χ3v) is 11.3. The van der Waals surface area contributed by atoms with Crippen LogP contribution in [0.3, 0.4) is 0 Å². The molecule has 182 valence electrons. The van der Waals surface area contributed by atoms with Gasteiger partial charge in [0.1, 0.15) is 6.10 Å². The Morgan fingerprint density at radius 2 is 1.81 bits per heavy atom. The number of carbonyl (C=O) groups excluding carboxylic acids is 1. The van der Waals surface area contributed by atoms with Crippen LogP contribution in [0.1, 0.15) is 113 Å². The topological polar surface area (TPSA) is 26.3 Å². The number of esters is 1. The van der Waals surface area contributed by atoms with Crippen LogP contribution in [0.4, 0.5) is 0 Å². The number of carbonyl (C=O) groups is 1. The van der Waals surface area contributed by atoms with Gasteiger partial charge in [-0.25, -0.2) is 0 Å². The van der Waals surface area contributed by atoms with Crippen molar-refractivity contribution in [3.63, 3.8) is 0 Å². The first-order valence-electron chi connectivity index (χ1n) is 13.9. The summed E-state index contributed by atoms with van der Waals surface area (Å²) < 4.78 is 5.64. The van der Waals surface area contributed by atoms with Crippen LogP contribution in [0.2, 0.25) is 0 Å². The molecule has 0 radical (unpaired) electrons. The van der Waals surface area contributed by atoms with Crippen molar-refractivity contribution in [2.45, 2.75) is 119 Å². The smallest absolute Gasteiger partial charge is 0.302 e. The van der Waals surface area contributed by atoms with Gasteiger partial charge in [0.05, 0.1) is 0 Å². The zero-order valence-corrected chi connectivity index (χ0v) is 22.1. The number of allylic oxidation sites excluding steroid dienone is 2. The van der Waals surface area contributed by atoms with E-state index in [0.29, 0.717) is 16.7 Å². The fourth-order valence-electron chi connectivity index (χ4n) is 8.86. The zero-order chi connectivity index (χ0) is 23.3. The summed E-state index contributed by atoms with van der Waals surface area (Å²) in [5.74, 6) is 5.70. The van der Waals surface area contributed by atoms with Gasteiger partial charge in [-0.15, -0.1) is 0 Å². The van der Waals surface area contributed by atoms with Crippen molar-refractivity contribution in [3.05, 3.63) is 11.6 Å². The normalized spacial score (nSPS) is 43.0. The molecule has 0 unspecified atom stereocenters. The first-order chi connectivity index (χ1) is 15.1. The SMILES string of the molecule is CC(=O)O[C@@H]1CC[C@]2(C)C3=CC[C@]4(C)[C@H](CC[C@H]4[C@H](C)CC[C@H](C)C(C)C)[C@H]3CC[C@H]2C1. The molecule has 2 heteroatoms. The third kappa shape index (κ3) is 4.22. The van der Waals surface area contributed by atoms with Crippen LogP contribution in [0.5, 0.6) is 0 Å². The Bertz CT molecular complexity index is 722. The van der Waals surface area contributed by atoms with Crippen LogP contribution in [0.25, 0.3) is 0 Å². The van der Waals surface area contributed by atoms with Gasteiger partial charge in [0, 0.05) is 6.92 Å². The van der Waals surface area contributed by atoms with Crippen LogP contribution >= 0.6 is 0 Å². The molecule has 0 aromatic heterocycles. The molecule has 4 aliphatic rings. The molecule has 0 aromatic rings. The molecule has 9 atom stereocenters. The maximum atomic E-state index is 11.5. The highest BCUT2D eigenvalue weighted by molar-refractivity contribution is 5.66. The predicted molar refractivity (Wildman–Crippen MR) is 133 cm³/mol. The minimum atomic E-state index is -0.103. The second kappa shape index (κ2) is 9.10. The molecule has 0 amide bonds. The lowest BCUT2D eigenvalue weighted by Gasteiger charge is -2.57. The van der Waals surface area contributed by atoms with E-state index in [0.717, 1.165) is 48.3 Å². The number of hydrogen-bond acceptors (Lipinski definition) is 2. The zero-order valence-electron chi connectivity index (χ0n) is 22.1. The Balaban J connectivity index is 1.48. The summed E-state index contributed by atoms with van der Waals surface area (Å²) >= 11 is 0. The summed E-state index contributed by atoms with van der Waals surface area (Å²) in [4.78, 5) is 11.5. The molecule has 4 rings (SSSR count). The van der Waals surface area contributed by atoms with Gasteiger partial charge in [0.2, 0.25) is 0 Å². The van der Waals surface area contributed by atoms with Gasteiger partial charge in [0.15, 0.2) is 0 Å². The quantitative estimate of drug-likeness (QED) is 0.306. The van der Waals surface area contributed by atoms with Crippen LogP contribution in [0, 0.1) is 52.3 Å². The summed E-state index contributed by atoms with van der Waals surface area (Å²) in [5.41, 5.74) is 2.67. The summed E-state index contributed by atoms with van der Waals surface area (Å²) in [6.45, 7) is 16.6. The van der Waals surface area contributed by atoms with Crippen molar-refractivity contribution in [1.29, 1.82) is 0 Å². The first kappa shape index (κ1) is 24.3. The van der Waals surface area contributed by atoms with E-state index >= 15 is 0 Å². The van der Waals surface area contributed by atoms with Crippen molar-refractivity contribution in [2.75, 3.05) is 0 Å². The van der Waals surface area contributed by atoms with E-state index in [9.17, 15) is 4.79 Å². The average molecular weight is 443 g/mol. The monoisotopic (exact) mass is 442 g/mol. The molecule has 0 aromatic carbocycles. The van der Waals surface area contributed by atoms with E-state index in [-0.39, 0.29) is 12.1 Å². The molecule has 0 heterocycles. The van der Waals surface area contributed by atoms with Crippen molar-refractivity contribution >= 4 is 5.97 Å². The van der Waals surface area contributed by atoms with Gasteiger partial charge in [-0.3, -0.25) is 4.79 Å². The molecule has 32 heavy (non-hydrogen) atoms. The summed E-state index contributed by atoms with van der Waals surface area (Å²) in [5, 5.41) is 0. The highest BCUT2D eigenvalue weighted by Gasteiger charge is 2.57. The lowest BCUT2D eigenvalue weighted by Crippen LogP contribution is -2.49. The molecule has 4 aliphatic carbocycles. The highest BCUT2D eigenvalue weighted by atomic mass is 16.5. The fourth-order valence-corrected chi connectivity index (χ4v) is 8.86. The second-order valence-corrected chi connectivity index (χ2v) is 13.2. The lowest BCUT2D eigenvalue weighted by molar-refractivity contribution is -0.151. The summed E-state index contributed by atoms with van der Waals surface area (Å²) in [7, 11) is 0. The van der Waals surface area contributed by atoms with Crippen molar-refractivity contribution in [3.8, 4) is 0 Å². The van der Waals surface area contributed by atoms with Gasteiger partial charge in [0.25, 0.3) is 0 Å². The van der Waals surface area contributed by atoms with Crippen molar-refractivity contribution in [2.24, 2.45) is 52.3 Å². The number of fused-ring (bicyclic) bond motifs is 5. The Morgan fingerprint density at radius 3 is 2.50 bits per heavy atom. The fraction of sp³-hybridized carbons (Fsp3) is 0.900. The Morgan fingerprint density at radius 1 is 1.06 bits per heavy atom. The molecule has 2 nitrogen and oxygen atoms in total. The standard InChI is InChI=1S/C30H50O2/c1-19(2)20(3)8-9-21(4)26-12-13-27-25-11-10-23-18-24(32-22(5)31)14-16-29(23,6)28(25)15-17-30(26,27)7/h15,19-21,23-27H,8-14,16-18H2,1-7H3/t20-,21+,23-,24+,25+,26-,27+,29-,30-/m0/s1. The molecular weight excluding hydrogens is 392 g/mol. The maximum Gasteiger partial charge on any atom is 0.302 e. The van der Waals surface area contributed by atoms with Gasteiger partial charge in [-0.1, -0.05) is 66.0 Å². The molecule has 0 N–H and O–H groups in total. The minimum Gasteiger partial charge on any atom is -0.463 e. The number of ether oxygens (including phenoxy) is 1. The summed E-state index contributed by atoms with van der Waals surface area (Å²) in [6, 6.07) is 0. The molecule has 0 aliphatic heterocycles. The van der Waals surface area contributed by atoms with E-state index in [1.54, 1.807) is 6.92 Å². The molecular formula is C30H50O2. The molecule has 0 spiro atoms. The average Bonchev–Trinajstić information content (AvgIpc) is 3.08. The molecule has 0 saturated heterocycles. The van der Waals surface area contributed by atoms with Crippen LogP contribution in [0.15, 0.2) is 11.6 Å². The van der Waals surface area contributed by atoms with E-state index in [1.807, 2.05) is 5.57 Å². The Labute approximate surface area is 198 Å². The highest BCUT2D eigenvalue weighted by Crippen LogP contribution is 2.66. The van der Waals surface area contributed by atoms with Gasteiger partial charge in [-0.2, -0.15) is 0 Å². The van der Waals surface area contributed by atoms with Gasteiger partial charge in [-0.05, 0) is 104 Å². The van der Waals surface area contributed by atoms with E-state index < -0.39 is 0 Å². The first-order valence-corrected chi connectivity index (χ1v) is 13.9. The minimum absolute atomic E-state index is 0.103. The van der Waals surface area contributed by atoms with Crippen LogP contribution in [-0.4, -0.2) is 12.1 Å². The largest absolute Gasteiger partial charge is 0.463 e. The van der Waals surface area contributed by atoms with Crippen LogP contribution < -0.4 is 0 Å². The predicted octanol–water partition coefficient (Wildman–Crippen LogP) is 8.21. The van der Waals surface area contributed by atoms with E-state index in [4.69, 9.17) is 4.74 Å². The van der Waals surface area contributed by atoms with Gasteiger partial charge >= 0.3 is 5.97 Å². The maximum absolute atomic E-state index is 11.5. The Kier molecular flexibility index (Phi) is 6.92. The van der Waals surface area contributed by atoms with Crippen molar-refractivity contribution in [1.82, 2.24) is 0 Å². The van der Waals surface area contributed by atoms with Crippen molar-refractivity contribution < 1.29 is 9.53 Å². The van der Waals surface area contributed by atoms with Crippen LogP contribution in [-0.2, 0) is 9.53 Å². The van der Waals surface area contributed by atoms with E-state index in [1.165, 1.54) is 51.4 Å². The lowest BCUT2D eigenvalue weighted by atomic mass is 9.48. The molecule has 0 bridgehead atoms. The van der Waals surface area contributed by atoms with E-state index in [2.05, 4.69) is 47.6 Å². The second-order valence-electron chi connectivity index (χ2n) is 13.2. The molecule has 3 fully saturated rings. The Hall–Kier alpha value is -0.790. The third-order valence-electron chi connectivity index (χ3n) is 11.3. The number of rotatable bonds is 6. The van der Waals surface area contributed by atoms with Gasteiger partial charge < -0.3 is 4.74 Å². The summed E-state index contributed by atoms with van der Waals surface area (Å²) in [6.07, 6.45) is 15.9. The molecule has 3 saturated carbocycles. The number of hydrogen-bond donors (Lipinski definition) is 0.